The number of carbonyl (C=O) groups excluding carboxylic acids is 2. The molecule has 8 nitrogen and oxygen atoms in total. The Labute approximate surface area is 303 Å². The van der Waals surface area contributed by atoms with Crippen molar-refractivity contribution in [3.63, 3.8) is 0 Å². The molecule has 0 bridgehead atoms. The Balaban J connectivity index is 0.814. The van der Waals surface area contributed by atoms with Gasteiger partial charge in [0.15, 0.2) is 5.79 Å². The lowest BCUT2D eigenvalue weighted by Gasteiger charge is -2.61. The van der Waals surface area contributed by atoms with Crippen LogP contribution in [0.15, 0.2) is 0 Å². The molecule has 1 N–H and O–H groups in total. The molecule has 4 aliphatic heterocycles. The largest absolute Gasteiger partial charge is 0.353 e. The van der Waals surface area contributed by atoms with Crippen LogP contribution in [-0.2, 0) is 19.1 Å². The normalized spacial score (nSPS) is 47.1. The Morgan fingerprint density at radius 2 is 1.56 bits per heavy atom. The molecule has 282 valence electrons. The molecule has 8 rings (SSSR count). The highest BCUT2D eigenvalue weighted by molar-refractivity contribution is 5.97. The third-order valence-corrected chi connectivity index (χ3v) is 17.0. The van der Waals surface area contributed by atoms with Gasteiger partial charge in [-0.15, -0.1) is 0 Å². The van der Waals surface area contributed by atoms with Gasteiger partial charge in [0.25, 0.3) is 0 Å². The number of likely N-dealkylation sites (tertiary alicyclic amines) is 1. The van der Waals surface area contributed by atoms with Crippen molar-refractivity contribution in [1.29, 1.82) is 0 Å². The maximum absolute atomic E-state index is 13.2. The first-order chi connectivity index (χ1) is 23.9. The Kier molecular flexibility index (Phi) is 9.71. The smallest absolute Gasteiger partial charge is 0.232 e. The summed E-state index contributed by atoms with van der Waals surface area (Å²) in [6.07, 6.45) is 15.0. The monoisotopic (exact) mass is 695 g/mol. The van der Waals surface area contributed by atoms with Crippen molar-refractivity contribution in [2.75, 3.05) is 45.9 Å². The first-order valence-corrected chi connectivity index (χ1v) is 21.3. The van der Waals surface area contributed by atoms with Crippen LogP contribution in [0.2, 0.25) is 0 Å². The van der Waals surface area contributed by atoms with E-state index in [0.29, 0.717) is 52.7 Å². The molecule has 1 unspecified atom stereocenters. The first-order valence-electron chi connectivity index (χ1n) is 21.3. The standard InChI is InChI=1S/C42H70N4O4/c1-27(2)44-17-12-32(13-18-44)45-19-21-46(22-20-45)38(48)25-37(47)43-31-10-14-40(5)30(23-31)7-8-33-34(40)11-15-41(6)35(33)24-36-39(41)29(4)42(50-36)16-9-28(3)26-49-42/h27-36,39H,7-26H2,1-6H3,(H,43,47)/t28-,29+,30-,31-,33-,34?,35+,36+,39+,40+,41+,42-/m1/s1. The zero-order chi connectivity index (χ0) is 35.0. The lowest BCUT2D eigenvalue weighted by Crippen LogP contribution is -2.56. The summed E-state index contributed by atoms with van der Waals surface area (Å²) in [4.78, 5) is 33.6. The maximum Gasteiger partial charge on any atom is 0.232 e. The van der Waals surface area contributed by atoms with Gasteiger partial charge in [0.2, 0.25) is 11.8 Å². The fourth-order valence-electron chi connectivity index (χ4n) is 14.0. The van der Waals surface area contributed by atoms with Crippen molar-refractivity contribution >= 4 is 11.8 Å². The molecule has 4 heterocycles. The number of nitrogens with one attached hydrogen (secondary N) is 1. The summed E-state index contributed by atoms with van der Waals surface area (Å²) in [5.41, 5.74) is 0.723. The Hall–Kier alpha value is -1.22. The average molecular weight is 695 g/mol. The number of hydrogen-bond acceptors (Lipinski definition) is 6. The van der Waals surface area contributed by atoms with Crippen LogP contribution in [0.5, 0.6) is 0 Å². The van der Waals surface area contributed by atoms with E-state index in [1.807, 2.05) is 4.90 Å². The van der Waals surface area contributed by atoms with Crippen molar-refractivity contribution < 1.29 is 19.1 Å². The van der Waals surface area contributed by atoms with E-state index in [-0.39, 0.29) is 30.1 Å². The van der Waals surface area contributed by atoms with E-state index < -0.39 is 0 Å². The van der Waals surface area contributed by atoms with Crippen LogP contribution in [0.3, 0.4) is 0 Å². The van der Waals surface area contributed by atoms with Crippen LogP contribution in [0.25, 0.3) is 0 Å². The molecule has 4 saturated heterocycles. The molecule has 4 saturated carbocycles. The predicted octanol–water partition coefficient (Wildman–Crippen LogP) is 6.32. The average Bonchev–Trinajstić information content (AvgIpc) is 3.55. The third kappa shape index (κ3) is 6.10. The van der Waals surface area contributed by atoms with E-state index in [4.69, 9.17) is 9.47 Å². The molecule has 0 radical (unpaired) electrons. The number of carbonyl (C=O) groups is 2. The summed E-state index contributed by atoms with van der Waals surface area (Å²) in [7, 11) is 0. The van der Waals surface area contributed by atoms with Crippen LogP contribution in [0.1, 0.15) is 125 Å². The molecule has 8 heteroatoms. The molecule has 0 aromatic heterocycles. The summed E-state index contributed by atoms with van der Waals surface area (Å²) in [6, 6.07) is 1.47. The van der Waals surface area contributed by atoms with Crippen LogP contribution >= 0.6 is 0 Å². The number of piperazine rings is 1. The van der Waals surface area contributed by atoms with Crippen molar-refractivity contribution in [3.05, 3.63) is 0 Å². The van der Waals surface area contributed by atoms with Crippen molar-refractivity contribution in [2.24, 2.45) is 52.3 Å². The van der Waals surface area contributed by atoms with Gasteiger partial charge in [-0.2, -0.15) is 0 Å². The van der Waals surface area contributed by atoms with Gasteiger partial charge in [0, 0.05) is 56.6 Å². The van der Waals surface area contributed by atoms with Gasteiger partial charge in [-0.05, 0) is 144 Å². The lowest BCUT2D eigenvalue weighted by molar-refractivity contribution is -0.273. The zero-order valence-corrected chi connectivity index (χ0v) is 32.5. The second-order valence-electron chi connectivity index (χ2n) is 19.7. The molecular formula is C42H70N4O4. The highest BCUT2D eigenvalue weighted by atomic mass is 16.7. The topological polar surface area (TPSA) is 74.4 Å². The number of ether oxygens (including phenoxy) is 2. The lowest BCUT2D eigenvalue weighted by atomic mass is 9.44. The summed E-state index contributed by atoms with van der Waals surface area (Å²) in [5, 5.41) is 3.36. The van der Waals surface area contributed by atoms with Crippen molar-refractivity contribution in [1.82, 2.24) is 20.0 Å². The predicted molar refractivity (Wildman–Crippen MR) is 196 cm³/mol. The van der Waals surface area contributed by atoms with Gasteiger partial charge in [-0.3, -0.25) is 14.5 Å². The Bertz CT molecular complexity index is 1250. The molecule has 4 aliphatic carbocycles. The molecule has 12 atom stereocenters. The summed E-state index contributed by atoms with van der Waals surface area (Å²) >= 11 is 0. The molecule has 1 spiro atoms. The van der Waals surface area contributed by atoms with E-state index >= 15 is 0 Å². The van der Waals surface area contributed by atoms with Gasteiger partial charge >= 0.3 is 0 Å². The van der Waals surface area contributed by atoms with Crippen LogP contribution in [0.4, 0.5) is 0 Å². The SMILES string of the molecule is CC(C)N1CCC(N2CCN(C(=O)CC(=O)N[C@@H]3CC[C@]4(C)C5CC[C@]6(C)[C@@H]7[C@H](C[C@H]6[C@@H]5CC[C@@H]4C3)O[C@]3(CC[C@@H](C)CO3)[C@H]7C)CC2)CC1. The fraction of sp³-hybridized carbons (Fsp3) is 0.952. The van der Waals surface area contributed by atoms with Gasteiger partial charge in [-0.1, -0.05) is 27.7 Å². The third-order valence-electron chi connectivity index (χ3n) is 17.0. The number of fused-ring (bicyclic) bond motifs is 7. The van der Waals surface area contributed by atoms with E-state index in [1.54, 1.807) is 0 Å². The quantitative estimate of drug-likeness (QED) is 0.340. The van der Waals surface area contributed by atoms with Crippen molar-refractivity contribution in [2.45, 2.75) is 155 Å². The van der Waals surface area contributed by atoms with Gasteiger partial charge in [0.05, 0.1) is 12.7 Å². The fourth-order valence-corrected chi connectivity index (χ4v) is 14.0. The number of rotatable bonds is 5. The highest BCUT2D eigenvalue weighted by Crippen LogP contribution is 2.71. The second kappa shape index (κ2) is 13.6. The van der Waals surface area contributed by atoms with E-state index in [1.165, 1.54) is 70.9 Å². The molecule has 50 heavy (non-hydrogen) atoms. The molecule has 8 fully saturated rings. The van der Waals surface area contributed by atoms with E-state index in [2.05, 4.69) is 56.7 Å². The van der Waals surface area contributed by atoms with Gasteiger partial charge < -0.3 is 24.6 Å². The van der Waals surface area contributed by atoms with Gasteiger partial charge in [-0.25, -0.2) is 0 Å². The van der Waals surface area contributed by atoms with Gasteiger partial charge in [0.1, 0.15) is 6.42 Å². The van der Waals surface area contributed by atoms with Crippen LogP contribution in [-0.4, -0.2) is 102 Å². The zero-order valence-electron chi connectivity index (χ0n) is 32.5. The molecule has 0 aromatic rings. The Morgan fingerprint density at radius 3 is 2.26 bits per heavy atom. The second-order valence-corrected chi connectivity index (χ2v) is 19.7. The molecule has 0 aromatic carbocycles. The minimum absolute atomic E-state index is 0.00432. The Morgan fingerprint density at radius 1 is 0.820 bits per heavy atom. The van der Waals surface area contributed by atoms with Crippen LogP contribution in [0, 0.1) is 52.3 Å². The molecule has 8 aliphatic rings. The highest BCUT2D eigenvalue weighted by Gasteiger charge is 2.69. The van der Waals surface area contributed by atoms with E-state index in [9.17, 15) is 9.59 Å². The number of piperidine rings is 1. The summed E-state index contributed by atoms with van der Waals surface area (Å²) in [5.74, 6) is 4.39. The van der Waals surface area contributed by atoms with Crippen molar-refractivity contribution in [3.8, 4) is 0 Å². The number of amides is 2. The minimum atomic E-state index is -0.330. The summed E-state index contributed by atoms with van der Waals surface area (Å²) in [6.45, 7) is 21.2. The minimum Gasteiger partial charge on any atom is -0.353 e. The first kappa shape index (κ1) is 35.8. The number of hydrogen-bond donors (Lipinski definition) is 1. The maximum atomic E-state index is 13.2. The molecular weight excluding hydrogens is 624 g/mol. The summed E-state index contributed by atoms with van der Waals surface area (Å²) < 4.78 is 13.6. The van der Waals surface area contributed by atoms with E-state index in [0.717, 1.165) is 69.8 Å². The molecule has 2 amide bonds. The number of nitrogens with zero attached hydrogens (tertiary/aromatic N) is 3. The van der Waals surface area contributed by atoms with Crippen LogP contribution < -0.4 is 5.32 Å².